The lowest BCUT2D eigenvalue weighted by atomic mass is 10.1. The minimum atomic E-state index is -0.227. The molecule has 0 aliphatic rings. The van der Waals surface area contributed by atoms with E-state index in [4.69, 9.17) is 4.42 Å². The van der Waals surface area contributed by atoms with Gasteiger partial charge in [-0.2, -0.15) is 0 Å². The Morgan fingerprint density at radius 1 is 1.11 bits per heavy atom. The van der Waals surface area contributed by atoms with Crippen molar-refractivity contribution >= 4 is 29.3 Å². The molecule has 28 heavy (non-hydrogen) atoms. The molecular weight excluding hydrogens is 376 g/mol. The van der Waals surface area contributed by atoms with Gasteiger partial charge in [-0.1, -0.05) is 36.0 Å². The second kappa shape index (κ2) is 8.71. The van der Waals surface area contributed by atoms with Crippen molar-refractivity contribution < 1.29 is 14.0 Å². The standard InChI is InChI=1S/C20H20N4O3S/c1-13-7-4-5-10-16(13)18-22-23-20(27-18)28-12-17(25)21-15-9-6-8-14(11-15)19(26)24(2)3/h4-11H,12H2,1-3H3,(H,21,25). The van der Waals surface area contributed by atoms with Gasteiger partial charge in [0.25, 0.3) is 11.1 Å². The highest BCUT2D eigenvalue weighted by molar-refractivity contribution is 7.99. The molecule has 0 unspecified atom stereocenters. The third-order valence-electron chi connectivity index (χ3n) is 3.91. The molecule has 1 heterocycles. The molecule has 1 N–H and O–H groups in total. The molecule has 2 amide bonds. The minimum absolute atomic E-state index is 0.112. The highest BCUT2D eigenvalue weighted by Gasteiger charge is 2.13. The first-order chi connectivity index (χ1) is 13.4. The zero-order valence-corrected chi connectivity index (χ0v) is 16.6. The molecule has 144 valence electrons. The van der Waals surface area contributed by atoms with Crippen LogP contribution in [0.25, 0.3) is 11.5 Å². The van der Waals surface area contributed by atoms with Gasteiger partial charge in [0.15, 0.2) is 0 Å². The van der Waals surface area contributed by atoms with Gasteiger partial charge in [-0.15, -0.1) is 10.2 Å². The Morgan fingerprint density at radius 2 is 1.89 bits per heavy atom. The number of anilines is 1. The van der Waals surface area contributed by atoms with E-state index in [1.165, 1.54) is 4.90 Å². The monoisotopic (exact) mass is 396 g/mol. The number of hydrogen-bond donors (Lipinski definition) is 1. The van der Waals surface area contributed by atoms with E-state index in [0.717, 1.165) is 22.9 Å². The smallest absolute Gasteiger partial charge is 0.277 e. The first kappa shape index (κ1) is 19.6. The van der Waals surface area contributed by atoms with Crippen LogP contribution in [0.2, 0.25) is 0 Å². The zero-order valence-electron chi connectivity index (χ0n) is 15.8. The lowest BCUT2D eigenvalue weighted by molar-refractivity contribution is -0.113. The van der Waals surface area contributed by atoms with Gasteiger partial charge >= 0.3 is 0 Å². The van der Waals surface area contributed by atoms with E-state index in [1.54, 1.807) is 38.4 Å². The van der Waals surface area contributed by atoms with Crippen molar-refractivity contribution in [2.45, 2.75) is 12.1 Å². The van der Waals surface area contributed by atoms with Crippen molar-refractivity contribution in [3.63, 3.8) is 0 Å². The summed E-state index contributed by atoms with van der Waals surface area (Å²) in [5.74, 6) is 0.187. The number of carbonyl (C=O) groups is 2. The van der Waals surface area contributed by atoms with Crippen molar-refractivity contribution in [2.24, 2.45) is 0 Å². The van der Waals surface area contributed by atoms with Crippen molar-refractivity contribution in [2.75, 3.05) is 25.2 Å². The van der Waals surface area contributed by atoms with Crippen LogP contribution in [-0.4, -0.2) is 46.8 Å². The summed E-state index contributed by atoms with van der Waals surface area (Å²) < 4.78 is 5.64. The fourth-order valence-electron chi connectivity index (χ4n) is 2.50. The van der Waals surface area contributed by atoms with Crippen molar-refractivity contribution in [3.05, 3.63) is 59.7 Å². The van der Waals surface area contributed by atoms with Gasteiger partial charge in [0.05, 0.1) is 5.75 Å². The lowest BCUT2D eigenvalue weighted by Gasteiger charge is -2.11. The first-order valence-corrected chi connectivity index (χ1v) is 9.56. The Bertz CT molecular complexity index is 1000. The molecule has 2 aromatic carbocycles. The van der Waals surface area contributed by atoms with Gasteiger partial charge < -0.3 is 14.6 Å². The van der Waals surface area contributed by atoms with Crippen LogP contribution in [0.1, 0.15) is 15.9 Å². The predicted octanol–water partition coefficient (Wildman–Crippen LogP) is 3.48. The maximum atomic E-state index is 12.2. The van der Waals surface area contributed by atoms with Crippen molar-refractivity contribution in [3.8, 4) is 11.5 Å². The third kappa shape index (κ3) is 4.77. The average Bonchev–Trinajstić information content (AvgIpc) is 3.15. The normalized spacial score (nSPS) is 10.5. The van der Waals surface area contributed by atoms with Crippen LogP contribution in [0.15, 0.2) is 58.2 Å². The van der Waals surface area contributed by atoms with Crippen molar-refractivity contribution in [1.82, 2.24) is 15.1 Å². The summed E-state index contributed by atoms with van der Waals surface area (Å²) in [7, 11) is 3.36. The number of hydrogen-bond acceptors (Lipinski definition) is 6. The zero-order chi connectivity index (χ0) is 20.1. The fraction of sp³-hybridized carbons (Fsp3) is 0.200. The summed E-state index contributed by atoms with van der Waals surface area (Å²) in [6.07, 6.45) is 0. The number of benzene rings is 2. The van der Waals surface area contributed by atoms with E-state index < -0.39 is 0 Å². The largest absolute Gasteiger partial charge is 0.411 e. The number of nitrogens with one attached hydrogen (secondary N) is 1. The number of thioether (sulfide) groups is 1. The van der Waals surface area contributed by atoms with Gasteiger partial charge in [0, 0.05) is 30.9 Å². The van der Waals surface area contributed by atoms with Gasteiger partial charge in [-0.25, -0.2) is 0 Å². The quantitative estimate of drug-likeness (QED) is 0.642. The molecule has 0 saturated carbocycles. The Hall–Kier alpha value is -3.13. The maximum Gasteiger partial charge on any atom is 0.277 e. The number of rotatable bonds is 6. The Kier molecular flexibility index (Phi) is 6.10. The molecule has 0 atom stereocenters. The molecule has 3 rings (SSSR count). The van der Waals surface area contributed by atoms with Crippen LogP contribution < -0.4 is 5.32 Å². The average molecular weight is 396 g/mol. The minimum Gasteiger partial charge on any atom is -0.411 e. The molecule has 0 saturated heterocycles. The Labute approximate surface area is 167 Å². The summed E-state index contributed by atoms with van der Waals surface area (Å²) in [5.41, 5.74) is 2.97. The molecule has 0 aliphatic heterocycles. The second-order valence-electron chi connectivity index (χ2n) is 6.31. The van der Waals surface area contributed by atoms with Gasteiger partial charge in [0.2, 0.25) is 11.8 Å². The molecule has 7 nitrogen and oxygen atoms in total. The van der Waals surface area contributed by atoms with Crippen molar-refractivity contribution in [1.29, 1.82) is 0 Å². The summed E-state index contributed by atoms with van der Waals surface area (Å²) in [5, 5.41) is 11.1. The molecule has 0 spiro atoms. The number of carbonyl (C=O) groups excluding carboxylic acids is 2. The Balaban J connectivity index is 1.59. The number of amides is 2. The van der Waals surface area contributed by atoms with Crippen LogP contribution in [0.5, 0.6) is 0 Å². The third-order valence-corrected chi connectivity index (χ3v) is 4.73. The summed E-state index contributed by atoms with van der Waals surface area (Å²) in [6.45, 7) is 1.97. The van der Waals surface area contributed by atoms with Gasteiger partial charge in [0.1, 0.15) is 0 Å². The molecule has 0 aliphatic carbocycles. The second-order valence-corrected chi connectivity index (χ2v) is 7.23. The van der Waals surface area contributed by atoms with Crippen LogP contribution in [0.4, 0.5) is 5.69 Å². The molecule has 0 bridgehead atoms. The van der Waals surface area contributed by atoms with Crippen LogP contribution >= 0.6 is 11.8 Å². The molecule has 1 aromatic heterocycles. The van der Waals surface area contributed by atoms with Gasteiger partial charge in [-0.3, -0.25) is 9.59 Å². The fourth-order valence-corrected chi connectivity index (χ4v) is 3.07. The summed E-state index contributed by atoms with van der Waals surface area (Å²) in [4.78, 5) is 25.7. The van der Waals surface area contributed by atoms with E-state index in [1.807, 2.05) is 31.2 Å². The molecule has 3 aromatic rings. The molecule has 8 heteroatoms. The Morgan fingerprint density at radius 3 is 2.64 bits per heavy atom. The summed E-state index contributed by atoms with van der Waals surface area (Å²) >= 11 is 1.16. The van der Waals surface area contributed by atoms with E-state index in [9.17, 15) is 9.59 Å². The van der Waals surface area contributed by atoms with E-state index in [0.29, 0.717) is 22.4 Å². The number of aryl methyl sites for hydroxylation is 1. The van der Waals surface area contributed by atoms with Gasteiger partial charge in [-0.05, 0) is 36.8 Å². The van der Waals surface area contributed by atoms with E-state index >= 15 is 0 Å². The lowest BCUT2D eigenvalue weighted by Crippen LogP contribution is -2.22. The molecular formula is C20H20N4O3S. The summed E-state index contributed by atoms with van der Waals surface area (Å²) in [6, 6.07) is 14.5. The first-order valence-electron chi connectivity index (χ1n) is 8.58. The van der Waals surface area contributed by atoms with Crippen LogP contribution in [-0.2, 0) is 4.79 Å². The molecule has 0 radical (unpaired) electrons. The highest BCUT2D eigenvalue weighted by Crippen LogP contribution is 2.25. The SMILES string of the molecule is Cc1ccccc1-c1nnc(SCC(=O)Nc2cccc(C(=O)N(C)C)c2)o1. The predicted molar refractivity (Wildman–Crippen MR) is 108 cm³/mol. The van der Waals surface area contributed by atoms with Crippen LogP contribution in [0, 0.1) is 6.92 Å². The number of aromatic nitrogens is 2. The van der Waals surface area contributed by atoms with Crippen LogP contribution in [0.3, 0.4) is 0 Å². The number of nitrogens with zero attached hydrogens (tertiary/aromatic N) is 3. The van der Waals surface area contributed by atoms with E-state index in [2.05, 4.69) is 15.5 Å². The van der Waals surface area contributed by atoms with E-state index in [-0.39, 0.29) is 17.6 Å². The molecule has 0 fully saturated rings. The highest BCUT2D eigenvalue weighted by atomic mass is 32.2. The topological polar surface area (TPSA) is 88.3 Å². The maximum absolute atomic E-state index is 12.2.